The topological polar surface area (TPSA) is 89.8 Å². The van der Waals surface area contributed by atoms with Crippen LogP contribution in [0.1, 0.15) is 32.1 Å². The normalized spacial score (nSPS) is 33.7. The molecule has 0 aromatic carbocycles. The maximum atomic E-state index is 12.3. The lowest BCUT2D eigenvalue weighted by Gasteiger charge is -2.23. The maximum absolute atomic E-state index is 12.3. The zero-order valence-electron chi connectivity index (χ0n) is 12.8. The van der Waals surface area contributed by atoms with Crippen molar-refractivity contribution in [2.75, 3.05) is 6.54 Å². The highest BCUT2D eigenvalue weighted by atomic mass is 19.4. The monoisotopic (exact) mass is 337 g/mol. The fraction of sp³-hybridized carbons (Fsp3) is 0.929. The number of halogens is 3. The first-order chi connectivity index (χ1) is 10.7. The van der Waals surface area contributed by atoms with Crippen molar-refractivity contribution >= 4 is 13.1 Å². The molecule has 2 aliphatic rings. The van der Waals surface area contributed by atoms with Crippen molar-refractivity contribution in [3.8, 4) is 0 Å². The molecule has 0 radical (unpaired) electrons. The van der Waals surface area contributed by atoms with Gasteiger partial charge in [-0.05, 0) is 49.8 Å². The van der Waals surface area contributed by atoms with E-state index in [0.29, 0.717) is 32.1 Å². The van der Waals surface area contributed by atoms with Crippen molar-refractivity contribution in [1.82, 2.24) is 5.32 Å². The Morgan fingerprint density at radius 2 is 1.91 bits per heavy atom. The lowest BCUT2D eigenvalue weighted by atomic mass is 9.78. The van der Waals surface area contributed by atoms with Crippen LogP contribution in [0.3, 0.4) is 0 Å². The van der Waals surface area contributed by atoms with E-state index in [1.165, 1.54) is 0 Å². The van der Waals surface area contributed by atoms with Crippen LogP contribution in [0.15, 0.2) is 0 Å². The Morgan fingerprint density at radius 1 is 1.22 bits per heavy atom. The first-order valence-electron chi connectivity index (χ1n) is 8.06. The molecule has 0 aromatic rings. The minimum atomic E-state index is -4.24. The van der Waals surface area contributed by atoms with Crippen LogP contribution >= 0.6 is 0 Å². The quantitative estimate of drug-likeness (QED) is 0.529. The summed E-state index contributed by atoms with van der Waals surface area (Å²) in [5, 5.41) is 29.7. The Hall–Kier alpha value is -0.795. The van der Waals surface area contributed by atoms with Gasteiger partial charge >= 0.3 is 19.3 Å². The molecule has 0 aromatic heterocycles. The third-order valence-corrected chi connectivity index (χ3v) is 5.28. The summed E-state index contributed by atoms with van der Waals surface area (Å²) in [6, 6.07) is -0.215. The molecule has 0 heterocycles. The van der Waals surface area contributed by atoms with Gasteiger partial charge in [-0.15, -0.1) is 0 Å². The van der Waals surface area contributed by atoms with Gasteiger partial charge in [-0.3, -0.25) is 4.79 Å². The van der Waals surface area contributed by atoms with Crippen molar-refractivity contribution in [2.24, 2.45) is 23.7 Å². The molecule has 0 aliphatic heterocycles. The van der Waals surface area contributed by atoms with E-state index in [2.05, 4.69) is 5.32 Å². The zero-order chi connectivity index (χ0) is 17.2. The van der Waals surface area contributed by atoms with Gasteiger partial charge < -0.3 is 20.5 Å². The summed E-state index contributed by atoms with van der Waals surface area (Å²) >= 11 is 0. The molecule has 2 saturated carbocycles. The highest BCUT2D eigenvalue weighted by Gasteiger charge is 2.50. The maximum Gasteiger partial charge on any atom is 0.451 e. The van der Waals surface area contributed by atoms with Gasteiger partial charge in [0, 0.05) is 6.04 Å². The zero-order valence-corrected chi connectivity index (χ0v) is 12.8. The molecule has 0 spiro atoms. The first-order valence-corrected chi connectivity index (χ1v) is 8.06. The third-order valence-electron chi connectivity index (χ3n) is 5.28. The number of fused-ring (bicyclic) bond motifs is 1. The number of aliphatic carboxylic acids is 1. The van der Waals surface area contributed by atoms with Crippen LogP contribution in [0.4, 0.5) is 13.2 Å². The molecular formula is C14H23BF3NO4. The minimum Gasteiger partial charge on any atom is -0.481 e. The Balaban J connectivity index is 1.91. The van der Waals surface area contributed by atoms with E-state index in [9.17, 15) is 23.1 Å². The van der Waals surface area contributed by atoms with Gasteiger partial charge in [-0.1, -0.05) is 6.42 Å². The molecule has 0 bridgehead atoms. The van der Waals surface area contributed by atoms with Crippen molar-refractivity contribution < 1.29 is 33.1 Å². The highest BCUT2D eigenvalue weighted by Crippen LogP contribution is 2.52. The van der Waals surface area contributed by atoms with Gasteiger partial charge in [-0.2, -0.15) is 13.2 Å². The van der Waals surface area contributed by atoms with E-state index in [4.69, 9.17) is 10.0 Å². The second-order valence-corrected chi connectivity index (χ2v) is 6.84. The van der Waals surface area contributed by atoms with E-state index in [-0.39, 0.29) is 30.1 Å². The summed E-state index contributed by atoms with van der Waals surface area (Å²) in [6.07, 6.45) is -1.30. The van der Waals surface area contributed by atoms with Crippen LogP contribution in [0.5, 0.6) is 0 Å². The van der Waals surface area contributed by atoms with E-state index in [1.54, 1.807) is 0 Å². The van der Waals surface area contributed by atoms with Crippen LogP contribution in [0, 0.1) is 23.7 Å². The number of carbonyl (C=O) groups is 1. The molecule has 2 rings (SSSR count). The predicted octanol–water partition coefficient (Wildman–Crippen LogP) is 1.51. The van der Waals surface area contributed by atoms with Gasteiger partial charge in [0.2, 0.25) is 0 Å². The number of hydrogen-bond donors (Lipinski definition) is 4. The molecule has 4 N–H and O–H groups in total. The summed E-state index contributed by atoms with van der Waals surface area (Å²) in [6.45, 7) is -1.01. The van der Waals surface area contributed by atoms with Crippen LogP contribution in [0.2, 0.25) is 6.32 Å². The molecule has 132 valence electrons. The van der Waals surface area contributed by atoms with Gasteiger partial charge in [0.15, 0.2) is 0 Å². The molecule has 5 nitrogen and oxygen atoms in total. The molecule has 1 unspecified atom stereocenters. The number of carboxylic acid groups (broad SMARTS) is 1. The molecule has 2 aliphatic carbocycles. The number of carboxylic acids is 1. The first kappa shape index (κ1) is 18.5. The fourth-order valence-corrected chi connectivity index (χ4v) is 4.41. The fourth-order valence-electron chi connectivity index (χ4n) is 4.41. The smallest absolute Gasteiger partial charge is 0.451 e. The minimum absolute atomic E-state index is 0.0889. The van der Waals surface area contributed by atoms with Crippen molar-refractivity contribution in [1.29, 1.82) is 0 Å². The van der Waals surface area contributed by atoms with Crippen LogP contribution < -0.4 is 5.32 Å². The van der Waals surface area contributed by atoms with Gasteiger partial charge in [-0.25, -0.2) is 0 Å². The van der Waals surface area contributed by atoms with E-state index < -0.39 is 31.7 Å². The number of rotatable bonds is 7. The van der Waals surface area contributed by atoms with E-state index in [1.807, 2.05) is 0 Å². The Bertz CT molecular complexity index is 421. The van der Waals surface area contributed by atoms with Crippen molar-refractivity contribution in [2.45, 2.75) is 50.6 Å². The highest BCUT2D eigenvalue weighted by molar-refractivity contribution is 6.40. The van der Waals surface area contributed by atoms with Gasteiger partial charge in [0.25, 0.3) is 0 Å². The second-order valence-electron chi connectivity index (χ2n) is 6.84. The lowest BCUT2D eigenvalue weighted by Crippen LogP contribution is -2.36. The Kier molecular flexibility index (Phi) is 5.96. The molecule has 9 heteroatoms. The molecule has 2 fully saturated rings. The lowest BCUT2D eigenvalue weighted by molar-refractivity contribution is -0.143. The molecular weight excluding hydrogens is 314 g/mol. The Morgan fingerprint density at radius 3 is 2.48 bits per heavy atom. The summed E-state index contributed by atoms with van der Waals surface area (Å²) in [4.78, 5) is 11.4. The van der Waals surface area contributed by atoms with Crippen molar-refractivity contribution in [3.63, 3.8) is 0 Å². The molecule has 0 saturated heterocycles. The molecule has 23 heavy (non-hydrogen) atoms. The number of hydrogen-bond acceptors (Lipinski definition) is 4. The molecule has 5 atom stereocenters. The van der Waals surface area contributed by atoms with Crippen LogP contribution in [-0.4, -0.2) is 47.0 Å². The van der Waals surface area contributed by atoms with E-state index >= 15 is 0 Å². The van der Waals surface area contributed by atoms with Crippen LogP contribution in [-0.2, 0) is 4.79 Å². The molecule has 0 amide bonds. The summed E-state index contributed by atoms with van der Waals surface area (Å²) < 4.78 is 36.9. The van der Waals surface area contributed by atoms with E-state index in [0.717, 1.165) is 0 Å². The standard InChI is InChI=1S/C14H23BF3NO4/c16-14(17,18)7-19-9-4-8-5-12(13(20)21)10(11(8)6-9)2-1-3-15(22)23/h8-12,19,22-23H,1-7H2,(H,20,21)/t8-,9?,10+,11-,12-/m1/s1. The van der Waals surface area contributed by atoms with Crippen LogP contribution in [0.25, 0.3) is 0 Å². The van der Waals surface area contributed by atoms with Gasteiger partial charge in [0.1, 0.15) is 0 Å². The third kappa shape index (κ3) is 5.09. The number of alkyl halides is 3. The summed E-state index contributed by atoms with van der Waals surface area (Å²) in [5.74, 6) is -1.16. The second kappa shape index (κ2) is 7.40. The summed E-state index contributed by atoms with van der Waals surface area (Å²) in [7, 11) is -1.40. The average molecular weight is 337 g/mol. The van der Waals surface area contributed by atoms with Crippen molar-refractivity contribution in [3.05, 3.63) is 0 Å². The number of nitrogens with one attached hydrogen (secondary N) is 1. The summed E-state index contributed by atoms with van der Waals surface area (Å²) in [5.41, 5.74) is 0. The largest absolute Gasteiger partial charge is 0.481 e. The predicted molar refractivity (Wildman–Crippen MR) is 77.5 cm³/mol. The Labute approximate surface area is 133 Å². The van der Waals surface area contributed by atoms with Gasteiger partial charge in [0.05, 0.1) is 12.5 Å². The SMILES string of the molecule is O=C(O)[C@@H]1C[C@H]2CC(NCC(F)(F)F)C[C@H]2[C@@H]1CCCB(O)O. The average Bonchev–Trinajstić information content (AvgIpc) is 2.93.